The summed E-state index contributed by atoms with van der Waals surface area (Å²) in [5.41, 5.74) is 2.20. The van der Waals surface area contributed by atoms with Crippen molar-refractivity contribution in [3.63, 3.8) is 0 Å². The van der Waals surface area contributed by atoms with Crippen molar-refractivity contribution >= 4 is 22.5 Å². The van der Waals surface area contributed by atoms with Crippen molar-refractivity contribution < 1.29 is 9.53 Å². The zero-order valence-electron chi connectivity index (χ0n) is 14.7. The number of aromatic nitrogens is 2. The lowest BCUT2D eigenvalue weighted by atomic mass is 10.2. The highest BCUT2D eigenvalue weighted by Crippen LogP contribution is 2.21. The molecule has 0 spiro atoms. The van der Waals surface area contributed by atoms with Gasteiger partial charge in [0.1, 0.15) is 11.4 Å². The molecule has 0 bridgehead atoms. The Kier molecular flexibility index (Phi) is 5.00. The molecule has 130 valence electrons. The third-order valence-corrected chi connectivity index (χ3v) is 4.02. The Morgan fingerprint density at radius 2 is 2.08 bits per heavy atom. The molecule has 0 saturated carbocycles. The zero-order valence-corrected chi connectivity index (χ0v) is 14.7. The van der Waals surface area contributed by atoms with Crippen LogP contribution in [0.4, 0.5) is 5.69 Å². The maximum absolute atomic E-state index is 12.4. The van der Waals surface area contributed by atoms with Crippen LogP contribution in [0.2, 0.25) is 0 Å². The summed E-state index contributed by atoms with van der Waals surface area (Å²) in [6.07, 6.45) is 3.61. The molecule has 3 aromatic rings. The number of anilines is 1. The van der Waals surface area contributed by atoms with E-state index in [2.05, 4.69) is 46.1 Å². The number of amides is 1. The van der Waals surface area contributed by atoms with Crippen LogP contribution in [-0.4, -0.2) is 48.1 Å². The van der Waals surface area contributed by atoms with Gasteiger partial charge in [-0.3, -0.25) is 4.79 Å². The van der Waals surface area contributed by atoms with E-state index in [0.717, 1.165) is 29.7 Å². The minimum absolute atomic E-state index is 0.242. The first-order valence-electron chi connectivity index (χ1n) is 8.12. The van der Waals surface area contributed by atoms with Gasteiger partial charge in [-0.15, -0.1) is 0 Å². The van der Waals surface area contributed by atoms with Crippen LogP contribution in [0.5, 0.6) is 5.75 Å². The molecule has 0 aliphatic rings. The first kappa shape index (κ1) is 17.0. The highest BCUT2D eigenvalue weighted by atomic mass is 16.5. The van der Waals surface area contributed by atoms with Crippen LogP contribution in [0.25, 0.3) is 10.9 Å². The SMILES string of the molecule is COc1ccc(C(=O)Nc2ccc3ccn(CCN(C)C)c3c2)nc1. The van der Waals surface area contributed by atoms with Crippen molar-refractivity contribution in [2.45, 2.75) is 6.54 Å². The number of fused-ring (bicyclic) bond motifs is 1. The van der Waals surface area contributed by atoms with E-state index in [4.69, 9.17) is 4.74 Å². The Morgan fingerprint density at radius 1 is 1.24 bits per heavy atom. The third-order valence-electron chi connectivity index (χ3n) is 4.02. The molecule has 0 saturated heterocycles. The Hall–Kier alpha value is -2.86. The molecule has 1 aromatic carbocycles. The number of methoxy groups -OCH3 is 1. The number of nitrogens with one attached hydrogen (secondary N) is 1. The Labute approximate surface area is 147 Å². The lowest BCUT2D eigenvalue weighted by molar-refractivity contribution is 0.102. The lowest BCUT2D eigenvalue weighted by Crippen LogP contribution is -2.18. The minimum atomic E-state index is -0.242. The van der Waals surface area contributed by atoms with E-state index in [1.165, 1.54) is 6.20 Å². The molecule has 0 unspecified atom stereocenters. The Morgan fingerprint density at radius 3 is 2.76 bits per heavy atom. The lowest BCUT2D eigenvalue weighted by Gasteiger charge is -2.12. The monoisotopic (exact) mass is 338 g/mol. The van der Waals surface area contributed by atoms with Gasteiger partial charge in [0.2, 0.25) is 0 Å². The van der Waals surface area contributed by atoms with Gasteiger partial charge >= 0.3 is 0 Å². The van der Waals surface area contributed by atoms with Crippen LogP contribution >= 0.6 is 0 Å². The van der Waals surface area contributed by atoms with Gasteiger partial charge in [-0.2, -0.15) is 0 Å². The van der Waals surface area contributed by atoms with Gasteiger partial charge < -0.3 is 19.5 Å². The van der Waals surface area contributed by atoms with E-state index >= 15 is 0 Å². The van der Waals surface area contributed by atoms with Crippen LogP contribution in [0.1, 0.15) is 10.5 Å². The maximum atomic E-state index is 12.4. The molecule has 0 radical (unpaired) electrons. The predicted molar refractivity (Wildman–Crippen MR) is 99.2 cm³/mol. The second kappa shape index (κ2) is 7.36. The molecular weight excluding hydrogens is 316 g/mol. The summed E-state index contributed by atoms with van der Waals surface area (Å²) < 4.78 is 7.25. The van der Waals surface area contributed by atoms with Crippen molar-refractivity contribution in [3.05, 3.63) is 54.5 Å². The highest BCUT2D eigenvalue weighted by molar-refractivity contribution is 6.03. The molecule has 2 aromatic heterocycles. The van der Waals surface area contributed by atoms with Gasteiger partial charge in [-0.1, -0.05) is 6.07 Å². The van der Waals surface area contributed by atoms with Gasteiger partial charge in [-0.05, 0) is 49.8 Å². The fourth-order valence-corrected chi connectivity index (χ4v) is 2.59. The topological polar surface area (TPSA) is 59.4 Å². The molecule has 0 atom stereocenters. The number of pyridine rings is 1. The van der Waals surface area contributed by atoms with Crippen LogP contribution in [-0.2, 0) is 6.54 Å². The van der Waals surface area contributed by atoms with E-state index in [1.807, 2.05) is 18.2 Å². The number of carbonyl (C=O) groups excluding carboxylic acids is 1. The van der Waals surface area contributed by atoms with Gasteiger partial charge in [-0.25, -0.2) is 4.98 Å². The molecule has 1 amide bonds. The molecule has 6 heteroatoms. The largest absolute Gasteiger partial charge is 0.495 e. The van der Waals surface area contributed by atoms with E-state index in [0.29, 0.717) is 11.4 Å². The standard InChI is InChI=1S/C19H22N4O2/c1-22(2)10-11-23-9-8-14-4-5-15(12-18(14)23)21-19(24)17-7-6-16(25-3)13-20-17/h4-9,12-13H,10-11H2,1-3H3,(H,21,24). The molecule has 0 fully saturated rings. The van der Waals surface area contributed by atoms with Gasteiger partial charge in [0.05, 0.1) is 18.8 Å². The normalized spacial score (nSPS) is 11.0. The Bertz CT molecular complexity index is 869. The van der Waals surface area contributed by atoms with Gasteiger partial charge in [0.25, 0.3) is 5.91 Å². The van der Waals surface area contributed by atoms with Crippen molar-refractivity contribution in [2.24, 2.45) is 0 Å². The molecule has 0 aliphatic carbocycles. The number of likely N-dealkylation sites (N-methyl/N-ethyl adjacent to an activating group) is 1. The number of nitrogens with zero attached hydrogens (tertiary/aromatic N) is 3. The second-order valence-corrected chi connectivity index (χ2v) is 6.12. The second-order valence-electron chi connectivity index (χ2n) is 6.12. The third kappa shape index (κ3) is 3.97. The van der Waals surface area contributed by atoms with Crippen LogP contribution in [0.3, 0.4) is 0 Å². The molecule has 2 heterocycles. The molecule has 0 aliphatic heterocycles. The first-order chi connectivity index (χ1) is 12.1. The smallest absolute Gasteiger partial charge is 0.274 e. The number of hydrogen-bond acceptors (Lipinski definition) is 4. The molecular formula is C19H22N4O2. The molecule has 6 nitrogen and oxygen atoms in total. The summed E-state index contributed by atoms with van der Waals surface area (Å²) in [4.78, 5) is 18.6. The highest BCUT2D eigenvalue weighted by Gasteiger charge is 2.09. The number of benzene rings is 1. The fraction of sp³-hybridized carbons (Fsp3) is 0.263. The molecule has 1 N–H and O–H groups in total. The van der Waals surface area contributed by atoms with Gasteiger partial charge in [0, 0.05) is 25.0 Å². The Balaban J connectivity index is 1.78. The molecule has 3 rings (SSSR count). The van der Waals surface area contributed by atoms with E-state index < -0.39 is 0 Å². The number of hydrogen-bond donors (Lipinski definition) is 1. The van der Waals surface area contributed by atoms with E-state index in [1.54, 1.807) is 19.2 Å². The minimum Gasteiger partial charge on any atom is -0.495 e. The summed E-state index contributed by atoms with van der Waals surface area (Å²) in [5.74, 6) is 0.380. The quantitative estimate of drug-likeness (QED) is 0.751. The van der Waals surface area contributed by atoms with Crippen molar-refractivity contribution in [3.8, 4) is 5.75 Å². The summed E-state index contributed by atoms with van der Waals surface area (Å²) in [6, 6.07) is 11.4. The summed E-state index contributed by atoms with van der Waals surface area (Å²) in [7, 11) is 5.68. The first-order valence-corrected chi connectivity index (χ1v) is 8.12. The average molecular weight is 338 g/mol. The van der Waals surface area contributed by atoms with Crippen LogP contribution in [0, 0.1) is 0 Å². The van der Waals surface area contributed by atoms with E-state index in [-0.39, 0.29) is 5.91 Å². The summed E-state index contributed by atoms with van der Waals surface area (Å²) in [5, 5.41) is 4.06. The fourth-order valence-electron chi connectivity index (χ4n) is 2.59. The molecule has 25 heavy (non-hydrogen) atoms. The van der Waals surface area contributed by atoms with E-state index in [9.17, 15) is 4.79 Å². The van der Waals surface area contributed by atoms with Crippen molar-refractivity contribution in [1.82, 2.24) is 14.5 Å². The van der Waals surface area contributed by atoms with Crippen LogP contribution in [0.15, 0.2) is 48.8 Å². The van der Waals surface area contributed by atoms with Crippen molar-refractivity contribution in [1.29, 1.82) is 0 Å². The predicted octanol–water partition coefficient (Wildman–Crippen LogP) is 2.86. The average Bonchev–Trinajstić information content (AvgIpc) is 3.02. The van der Waals surface area contributed by atoms with Crippen LogP contribution < -0.4 is 10.1 Å². The maximum Gasteiger partial charge on any atom is 0.274 e. The summed E-state index contributed by atoms with van der Waals surface area (Å²) >= 11 is 0. The van der Waals surface area contributed by atoms with Gasteiger partial charge in [0.15, 0.2) is 0 Å². The zero-order chi connectivity index (χ0) is 17.8. The van der Waals surface area contributed by atoms with Crippen molar-refractivity contribution in [2.75, 3.05) is 33.1 Å². The number of rotatable bonds is 6. The number of carbonyl (C=O) groups is 1. The number of ether oxygens (including phenoxy) is 1. The summed E-state index contributed by atoms with van der Waals surface area (Å²) in [6.45, 7) is 1.85.